The number of hydrogen-bond acceptors (Lipinski definition) is 4. The third kappa shape index (κ3) is 2.91. The van der Waals surface area contributed by atoms with Crippen molar-refractivity contribution in [2.45, 2.75) is 19.9 Å². The topological polar surface area (TPSA) is 73.4 Å². The fourth-order valence-corrected chi connectivity index (χ4v) is 5.03. The third-order valence-corrected chi connectivity index (χ3v) is 6.86. The minimum atomic E-state index is -0.686. The molecule has 0 aliphatic carbocycles. The number of H-pyrrole nitrogens is 1. The molecule has 1 saturated heterocycles. The highest BCUT2D eigenvalue weighted by molar-refractivity contribution is 7.10. The number of thiophene rings is 1. The molecule has 0 bridgehead atoms. The Hall–Kier alpha value is -3.64. The number of aliphatic hydroxyl groups is 1. The van der Waals surface area contributed by atoms with Crippen LogP contribution in [0, 0.1) is 13.8 Å². The largest absolute Gasteiger partial charge is 0.507 e. The molecule has 1 aliphatic heterocycles. The Morgan fingerprint density at radius 2 is 1.84 bits per heavy atom. The number of nitrogens with one attached hydrogen (secondary N) is 1. The van der Waals surface area contributed by atoms with E-state index in [9.17, 15) is 14.7 Å². The van der Waals surface area contributed by atoms with Crippen LogP contribution in [0.2, 0.25) is 0 Å². The van der Waals surface area contributed by atoms with Gasteiger partial charge in [0.15, 0.2) is 0 Å². The first-order chi connectivity index (χ1) is 15.0. The van der Waals surface area contributed by atoms with Crippen LogP contribution in [0.1, 0.15) is 27.6 Å². The van der Waals surface area contributed by atoms with Gasteiger partial charge in [-0.05, 0) is 48.6 Å². The molecule has 1 unspecified atom stereocenters. The molecule has 1 fully saturated rings. The van der Waals surface area contributed by atoms with E-state index in [0.717, 1.165) is 26.9 Å². The number of rotatable bonds is 3. The fourth-order valence-electron chi connectivity index (χ4n) is 4.21. The summed E-state index contributed by atoms with van der Waals surface area (Å²) in [5.41, 5.74) is 4.10. The lowest BCUT2D eigenvalue weighted by Crippen LogP contribution is -2.29. The Kier molecular flexibility index (Phi) is 4.52. The van der Waals surface area contributed by atoms with Crippen molar-refractivity contribution >= 4 is 45.4 Å². The number of ketones is 1. The molecule has 0 radical (unpaired) electrons. The van der Waals surface area contributed by atoms with E-state index in [2.05, 4.69) is 4.98 Å². The van der Waals surface area contributed by atoms with Gasteiger partial charge in [0.2, 0.25) is 0 Å². The highest BCUT2D eigenvalue weighted by Gasteiger charge is 2.48. The highest BCUT2D eigenvalue weighted by atomic mass is 32.1. The average molecular weight is 429 g/mol. The number of benzene rings is 2. The number of amides is 1. The number of fused-ring (bicyclic) bond motifs is 1. The summed E-state index contributed by atoms with van der Waals surface area (Å²) >= 11 is 1.46. The maximum atomic E-state index is 13.3. The van der Waals surface area contributed by atoms with Gasteiger partial charge in [-0.2, -0.15) is 0 Å². The van der Waals surface area contributed by atoms with Gasteiger partial charge >= 0.3 is 0 Å². The third-order valence-electron chi connectivity index (χ3n) is 5.94. The fraction of sp³-hybridized carbons (Fsp3) is 0.120. The van der Waals surface area contributed by atoms with Gasteiger partial charge in [-0.15, -0.1) is 11.3 Å². The Balaban J connectivity index is 1.77. The molecule has 6 heteroatoms. The molecule has 5 rings (SSSR count). The lowest BCUT2D eigenvalue weighted by atomic mass is 9.99. The molecule has 154 valence electrons. The lowest BCUT2D eigenvalue weighted by molar-refractivity contribution is -0.132. The highest BCUT2D eigenvalue weighted by Crippen LogP contribution is 2.45. The molecule has 1 atom stereocenters. The molecule has 0 saturated carbocycles. The summed E-state index contributed by atoms with van der Waals surface area (Å²) in [4.78, 5) is 32.0. The van der Waals surface area contributed by atoms with Crippen molar-refractivity contribution in [1.29, 1.82) is 0 Å². The van der Waals surface area contributed by atoms with Crippen LogP contribution >= 0.6 is 11.3 Å². The van der Waals surface area contributed by atoms with Gasteiger partial charge in [-0.25, -0.2) is 0 Å². The number of carbonyl (C=O) groups is 2. The first kappa shape index (κ1) is 19.3. The number of Topliss-reactive ketones (excluding diaryl/α,β-unsaturated/α-hetero) is 1. The van der Waals surface area contributed by atoms with Crippen LogP contribution in [-0.2, 0) is 9.59 Å². The molecule has 4 aromatic rings. The second-order valence-corrected chi connectivity index (χ2v) is 8.63. The molecular weight excluding hydrogens is 408 g/mol. The van der Waals surface area contributed by atoms with Gasteiger partial charge in [-0.3, -0.25) is 14.5 Å². The van der Waals surface area contributed by atoms with E-state index >= 15 is 0 Å². The second-order valence-electron chi connectivity index (χ2n) is 7.65. The standard InChI is InChI=1S/C25H20N2O3S/c1-14-7-5-10-19(15(14)2)27-22(20-11-6-12-31-20)21(24(29)25(27)30)23(28)17-13-26-18-9-4-3-8-16(17)18/h3-13,22,26,28H,1-2H3/b23-21-. The maximum Gasteiger partial charge on any atom is 0.300 e. The number of aryl methyl sites for hydroxylation is 1. The summed E-state index contributed by atoms with van der Waals surface area (Å²) in [7, 11) is 0. The van der Waals surface area contributed by atoms with Crippen LogP contribution in [-0.4, -0.2) is 21.8 Å². The molecule has 1 amide bonds. The lowest BCUT2D eigenvalue weighted by Gasteiger charge is -2.26. The normalized spacial score (nSPS) is 18.3. The number of aliphatic hydroxyl groups excluding tert-OH is 1. The smallest absolute Gasteiger partial charge is 0.300 e. The van der Waals surface area contributed by atoms with E-state index in [0.29, 0.717) is 11.3 Å². The summed E-state index contributed by atoms with van der Waals surface area (Å²) in [6.45, 7) is 3.91. The van der Waals surface area contributed by atoms with Gasteiger partial charge in [-0.1, -0.05) is 36.4 Å². The summed E-state index contributed by atoms with van der Waals surface area (Å²) in [6, 6.07) is 16.3. The van der Waals surface area contributed by atoms with Gasteiger partial charge < -0.3 is 10.1 Å². The first-order valence-corrected chi connectivity index (χ1v) is 10.8. The van der Waals surface area contributed by atoms with Gasteiger partial charge in [0.1, 0.15) is 11.8 Å². The quantitative estimate of drug-likeness (QED) is 0.258. The molecular formula is C25H20N2O3S. The van der Waals surface area contributed by atoms with Crippen molar-refractivity contribution < 1.29 is 14.7 Å². The molecule has 0 spiro atoms. The van der Waals surface area contributed by atoms with Crippen LogP contribution in [0.3, 0.4) is 0 Å². The molecule has 2 aromatic heterocycles. The van der Waals surface area contributed by atoms with Crippen molar-refractivity contribution in [3.63, 3.8) is 0 Å². The van der Waals surface area contributed by atoms with Crippen molar-refractivity contribution in [3.8, 4) is 0 Å². The second kappa shape index (κ2) is 7.25. The minimum absolute atomic E-state index is 0.109. The Morgan fingerprint density at radius 3 is 2.61 bits per heavy atom. The number of hydrogen-bond donors (Lipinski definition) is 2. The maximum absolute atomic E-state index is 13.3. The monoisotopic (exact) mass is 428 g/mol. The summed E-state index contributed by atoms with van der Waals surface area (Å²) in [5.74, 6) is -1.47. The number of nitrogens with zero attached hydrogens (tertiary/aromatic N) is 1. The molecule has 2 N–H and O–H groups in total. The number of aromatic amines is 1. The van der Waals surface area contributed by atoms with Gasteiger partial charge in [0.05, 0.1) is 5.57 Å². The number of aromatic nitrogens is 1. The molecule has 31 heavy (non-hydrogen) atoms. The first-order valence-electron chi connectivity index (χ1n) is 9.96. The zero-order chi connectivity index (χ0) is 21.7. The summed E-state index contributed by atoms with van der Waals surface area (Å²) in [6.07, 6.45) is 1.68. The van der Waals surface area contributed by atoms with Crippen LogP contribution in [0.15, 0.2) is 71.7 Å². The SMILES string of the molecule is Cc1cccc(N2C(=O)C(=O)/C(=C(\O)c3c[nH]c4ccccc34)C2c2cccs2)c1C. The molecule has 5 nitrogen and oxygen atoms in total. The van der Waals surface area contributed by atoms with E-state index in [1.54, 1.807) is 6.20 Å². The van der Waals surface area contributed by atoms with E-state index in [4.69, 9.17) is 0 Å². The van der Waals surface area contributed by atoms with Crippen LogP contribution in [0.25, 0.3) is 16.7 Å². The van der Waals surface area contributed by atoms with Crippen molar-refractivity contribution in [3.05, 3.63) is 93.3 Å². The van der Waals surface area contributed by atoms with E-state index in [1.807, 2.05) is 73.8 Å². The molecule has 2 aromatic carbocycles. The summed E-state index contributed by atoms with van der Waals surface area (Å²) < 4.78 is 0. The predicted molar refractivity (Wildman–Crippen MR) is 123 cm³/mol. The van der Waals surface area contributed by atoms with Gasteiger partial charge in [0.25, 0.3) is 11.7 Å². The zero-order valence-electron chi connectivity index (χ0n) is 17.0. The van der Waals surface area contributed by atoms with Crippen LogP contribution < -0.4 is 4.90 Å². The number of para-hydroxylation sites is 1. The minimum Gasteiger partial charge on any atom is -0.507 e. The van der Waals surface area contributed by atoms with Crippen molar-refractivity contribution in [2.24, 2.45) is 0 Å². The predicted octanol–water partition coefficient (Wildman–Crippen LogP) is 5.47. The number of anilines is 1. The van der Waals surface area contributed by atoms with Crippen LogP contribution in [0.4, 0.5) is 5.69 Å². The van der Waals surface area contributed by atoms with E-state index in [1.165, 1.54) is 16.2 Å². The van der Waals surface area contributed by atoms with E-state index < -0.39 is 17.7 Å². The molecule has 3 heterocycles. The number of carbonyl (C=O) groups excluding carboxylic acids is 2. The zero-order valence-corrected chi connectivity index (χ0v) is 17.9. The van der Waals surface area contributed by atoms with Crippen molar-refractivity contribution in [1.82, 2.24) is 4.98 Å². The van der Waals surface area contributed by atoms with Crippen LogP contribution in [0.5, 0.6) is 0 Å². The summed E-state index contributed by atoms with van der Waals surface area (Å²) in [5, 5.41) is 14.0. The Morgan fingerprint density at radius 1 is 1.03 bits per heavy atom. The average Bonchev–Trinajstić information content (AvgIpc) is 3.49. The Labute approximate surface area is 183 Å². The van der Waals surface area contributed by atoms with Crippen molar-refractivity contribution in [2.75, 3.05) is 4.90 Å². The molecule has 1 aliphatic rings. The Bertz CT molecular complexity index is 1360. The van der Waals surface area contributed by atoms with E-state index in [-0.39, 0.29) is 11.3 Å². The van der Waals surface area contributed by atoms with Gasteiger partial charge in [0, 0.05) is 33.2 Å².